The lowest BCUT2D eigenvalue weighted by atomic mass is 10.2. The van der Waals surface area contributed by atoms with E-state index in [2.05, 4.69) is 11.4 Å². The molecule has 0 aliphatic carbocycles. The maximum Gasteiger partial charge on any atom is 0.110 e. The first-order valence-electron chi connectivity index (χ1n) is 5.28. The SMILES string of the molecule is Cc1cc(Cl)c(NCc2ccc(C#N)s2)cc1Cl. The predicted octanol–water partition coefficient (Wildman–Crippen LogP) is 4.85. The highest BCUT2D eigenvalue weighted by molar-refractivity contribution is 7.12. The van der Waals surface area contributed by atoms with E-state index in [1.807, 2.05) is 31.2 Å². The fourth-order valence-electron chi connectivity index (χ4n) is 1.50. The Labute approximate surface area is 120 Å². The molecule has 0 amide bonds. The molecule has 0 aliphatic heterocycles. The molecule has 18 heavy (non-hydrogen) atoms. The molecule has 0 saturated carbocycles. The van der Waals surface area contributed by atoms with Crippen molar-refractivity contribution in [2.45, 2.75) is 13.5 Å². The smallest absolute Gasteiger partial charge is 0.110 e. The quantitative estimate of drug-likeness (QED) is 0.879. The zero-order valence-corrected chi connectivity index (χ0v) is 12.0. The number of hydrogen-bond donors (Lipinski definition) is 1. The van der Waals surface area contributed by atoms with Crippen molar-refractivity contribution in [2.75, 3.05) is 5.32 Å². The van der Waals surface area contributed by atoms with Crippen LogP contribution in [0.15, 0.2) is 24.3 Å². The molecule has 1 aromatic carbocycles. The first-order valence-corrected chi connectivity index (χ1v) is 6.85. The van der Waals surface area contributed by atoms with Gasteiger partial charge in [0.05, 0.1) is 10.7 Å². The van der Waals surface area contributed by atoms with E-state index in [0.29, 0.717) is 21.5 Å². The third kappa shape index (κ3) is 2.97. The van der Waals surface area contributed by atoms with E-state index >= 15 is 0 Å². The molecule has 1 heterocycles. The lowest BCUT2D eigenvalue weighted by Gasteiger charge is -2.09. The van der Waals surface area contributed by atoms with Gasteiger partial charge in [0.25, 0.3) is 0 Å². The Balaban J connectivity index is 2.11. The topological polar surface area (TPSA) is 35.8 Å². The summed E-state index contributed by atoms with van der Waals surface area (Å²) in [6.45, 7) is 2.54. The van der Waals surface area contributed by atoms with Gasteiger partial charge in [-0.25, -0.2) is 0 Å². The van der Waals surface area contributed by atoms with Crippen molar-refractivity contribution < 1.29 is 0 Å². The van der Waals surface area contributed by atoms with E-state index in [1.54, 1.807) is 0 Å². The van der Waals surface area contributed by atoms with Crippen LogP contribution in [0.2, 0.25) is 10.0 Å². The fourth-order valence-corrected chi connectivity index (χ4v) is 2.69. The van der Waals surface area contributed by atoms with Gasteiger partial charge in [0.1, 0.15) is 10.9 Å². The molecule has 92 valence electrons. The van der Waals surface area contributed by atoms with E-state index in [9.17, 15) is 0 Å². The maximum atomic E-state index is 8.75. The number of halogens is 2. The molecule has 5 heteroatoms. The molecule has 2 nitrogen and oxygen atoms in total. The summed E-state index contributed by atoms with van der Waals surface area (Å²) >= 11 is 13.7. The van der Waals surface area contributed by atoms with Gasteiger partial charge in [0.15, 0.2) is 0 Å². The average Bonchev–Trinajstić information content (AvgIpc) is 2.80. The number of hydrogen-bond acceptors (Lipinski definition) is 3. The van der Waals surface area contributed by atoms with Crippen molar-refractivity contribution >= 4 is 40.2 Å². The zero-order valence-electron chi connectivity index (χ0n) is 9.63. The second-order valence-electron chi connectivity index (χ2n) is 3.81. The van der Waals surface area contributed by atoms with Crippen LogP contribution in [0.4, 0.5) is 5.69 Å². The third-order valence-electron chi connectivity index (χ3n) is 2.47. The van der Waals surface area contributed by atoms with Crippen molar-refractivity contribution in [3.8, 4) is 6.07 Å². The van der Waals surface area contributed by atoms with Crippen LogP contribution in [-0.2, 0) is 6.54 Å². The van der Waals surface area contributed by atoms with E-state index in [1.165, 1.54) is 11.3 Å². The number of benzene rings is 1. The van der Waals surface area contributed by atoms with Crippen LogP contribution in [0, 0.1) is 18.3 Å². The molecule has 1 aromatic heterocycles. The standard InChI is InChI=1S/C13H10Cl2N2S/c1-8-4-12(15)13(5-11(8)14)17-7-10-3-2-9(6-16)18-10/h2-5,17H,7H2,1H3. The minimum atomic E-state index is 0.630. The van der Waals surface area contributed by atoms with Gasteiger partial charge in [-0.2, -0.15) is 5.26 Å². The lowest BCUT2D eigenvalue weighted by Crippen LogP contribution is -1.98. The summed E-state index contributed by atoms with van der Waals surface area (Å²) in [6.07, 6.45) is 0. The highest BCUT2D eigenvalue weighted by Crippen LogP contribution is 2.29. The van der Waals surface area contributed by atoms with Crippen LogP contribution >= 0.6 is 34.5 Å². The van der Waals surface area contributed by atoms with Gasteiger partial charge >= 0.3 is 0 Å². The maximum absolute atomic E-state index is 8.75. The van der Waals surface area contributed by atoms with Crippen LogP contribution in [-0.4, -0.2) is 0 Å². The molecular formula is C13H10Cl2N2S. The van der Waals surface area contributed by atoms with E-state index < -0.39 is 0 Å². The number of nitrogens with one attached hydrogen (secondary N) is 1. The molecule has 2 rings (SSSR count). The van der Waals surface area contributed by atoms with E-state index in [4.69, 9.17) is 28.5 Å². The molecule has 0 aliphatic rings. The van der Waals surface area contributed by atoms with Crippen molar-refractivity contribution in [2.24, 2.45) is 0 Å². The summed E-state index contributed by atoms with van der Waals surface area (Å²) in [7, 11) is 0. The second kappa shape index (κ2) is 5.62. The van der Waals surface area contributed by atoms with Crippen molar-refractivity contribution in [3.05, 3.63) is 49.6 Å². The van der Waals surface area contributed by atoms with Gasteiger partial charge in [-0.05, 0) is 36.8 Å². The second-order valence-corrected chi connectivity index (χ2v) is 5.80. The number of nitrogens with zero attached hydrogens (tertiary/aromatic N) is 1. The number of aryl methyl sites for hydroxylation is 1. The number of nitriles is 1. The summed E-state index contributed by atoms with van der Waals surface area (Å²) in [4.78, 5) is 1.79. The third-order valence-corrected chi connectivity index (χ3v) is 4.18. The van der Waals surface area contributed by atoms with Crippen molar-refractivity contribution in [1.82, 2.24) is 0 Å². The minimum Gasteiger partial charge on any atom is -0.379 e. The van der Waals surface area contributed by atoms with Gasteiger partial charge in [0, 0.05) is 16.4 Å². The van der Waals surface area contributed by atoms with Crippen molar-refractivity contribution in [1.29, 1.82) is 5.26 Å². The highest BCUT2D eigenvalue weighted by atomic mass is 35.5. The summed E-state index contributed by atoms with van der Waals surface area (Å²) in [5, 5.41) is 13.3. The van der Waals surface area contributed by atoms with Gasteiger partial charge < -0.3 is 5.32 Å². The van der Waals surface area contributed by atoms with Gasteiger partial charge in [-0.15, -0.1) is 11.3 Å². The molecule has 0 atom stereocenters. The van der Waals surface area contributed by atoms with Gasteiger partial charge in [-0.3, -0.25) is 0 Å². The minimum absolute atomic E-state index is 0.630. The van der Waals surface area contributed by atoms with Crippen LogP contribution in [0.5, 0.6) is 0 Å². The normalized spacial score (nSPS) is 10.1. The molecule has 0 saturated heterocycles. The summed E-state index contributed by atoms with van der Waals surface area (Å²) < 4.78 is 0. The van der Waals surface area contributed by atoms with Crippen LogP contribution in [0.25, 0.3) is 0 Å². The van der Waals surface area contributed by atoms with Crippen molar-refractivity contribution in [3.63, 3.8) is 0 Å². The molecule has 0 spiro atoms. The Morgan fingerprint density at radius 1 is 1.28 bits per heavy atom. The molecule has 2 aromatic rings. The Morgan fingerprint density at radius 2 is 2.06 bits per heavy atom. The lowest BCUT2D eigenvalue weighted by molar-refractivity contribution is 1.19. The number of rotatable bonds is 3. The first-order chi connectivity index (χ1) is 8.60. The molecule has 0 radical (unpaired) electrons. The molecular weight excluding hydrogens is 287 g/mol. The summed E-state index contributed by atoms with van der Waals surface area (Å²) in [5.74, 6) is 0. The molecule has 1 N–H and O–H groups in total. The van der Waals surface area contributed by atoms with E-state index in [-0.39, 0.29) is 0 Å². The van der Waals surface area contributed by atoms with Gasteiger partial charge in [-0.1, -0.05) is 23.2 Å². The fraction of sp³-hybridized carbons (Fsp3) is 0.154. The Hall–Kier alpha value is -1.21. The molecule has 0 fully saturated rings. The summed E-state index contributed by atoms with van der Waals surface area (Å²) in [6, 6.07) is 9.51. The van der Waals surface area contributed by atoms with Crippen LogP contribution < -0.4 is 5.32 Å². The monoisotopic (exact) mass is 296 g/mol. The van der Waals surface area contributed by atoms with Crippen LogP contribution in [0.3, 0.4) is 0 Å². The van der Waals surface area contributed by atoms with Gasteiger partial charge in [0.2, 0.25) is 0 Å². The Morgan fingerprint density at radius 3 is 2.72 bits per heavy atom. The zero-order chi connectivity index (χ0) is 13.1. The average molecular weight is 297 g/mol. The predicted molar refractivity (Wildman–Crippen MR) is 77.6 cm³/mol. The Bertz CT molecular complexity index is 614. The Kier molecular flexibility index (Phi) is 4.13. The number of anilines is 1. The van der Waals surface area contributed by atoms with E-state index in [0.717, 1.165) is 16.1 Å². The molecule has 0 unspecified atom stereocenters. The highest BCUT2D eigenvalue weighted by Gasteiger charge is 2.05. The first kappa shape index (κ1) is 13.2. The van der Waals surface area contributed by atoms with Crippen LogP contribution in [0.1, 0.15) is 15.3 Å². The largest absolute Gasteiger partial charge is 0.379 e. The number of thiophene rings is 1. The summed E-state index contributed by atoms with van der Waals surface area (Å²) in [5.41, 5.74) is 1.76. The molecule has 0 bridgehead atoms.